The van der Waals surface area contributed by atoms with E-state index in [2.05, 4.69) is 0 Å². The Kier molecular flexibility index (Phi) is 3.15. The summed E-state index contributed by atoms with van der Waals surface area (Å²) < 4.78 is 5.10. The first-order chi connectivity index (χ1) is 7.95. The molecule has 94 valence electrons. The number of hydrogen-bond acceptors (Lipinski definition) is 3. The average molecular weight is 236 g/mol. The zero-order chi connectivity index (χ0) is 12.5. The number of aliphatic hydroxyl groups is 2. The van der Waals surface area contributed by atoms with Gasteiger partial charge in [-0.05, 0) is 43.9 Å². The van der Waals surface area contributed by atoms with Gasteiger partial charge in [-0.25, -0.2) is 0 Å². The molecule has 0 heterocycles. The van der Waals surface area contributed by atoms with Crippen molar-refractivity contribution in [1.82, 2.24) is 0 Å². The molecule has 0 radical (unpaired) electrons. The zero-order valence-electron chi connectivity index (χ0n) is 10.4. The maximum absolute atomic E-state index is 10.6. The first kappa shape index (κ1) is 12.4. The second-order valence-electron chi connectivity index (χ2n) is 5.29. The molecule has 1 fully saturated rings. The summed E-state index contributed by atoms with van der Waals surface area (Å²) in [6.07, 6.45) is 2.70. The molecule has 1 aliphatic carbocycles. The fourth-order valence-corrected chi connectivity index (χ4v) is 2.72. The highest BCUT2D eigenvalue weighted by atomic mass is 16.5. The van der Waals surface area contributed by atoms with Crippen molar-refractivity contribution in [2.24, 2.45) is 0 Å². The van der Waals surface area contributed by atoms with Crippen LogP contribution >= 0.6 is 0 Å². The molecule has 0 bridgehead atoms. The molecule has 1 aromatic rings. The molecule has 0 amide bonds. The quantitative estimate of drug-likeness (QED) is 0.827. The Labute approximate surface area is 102 Å². The zero-order valence-corrected chi connectivity index (χ0v) is 10.4. The normalized spacial score (nSPS) is 33.4. The van der Waals surface area contributed by atoms with E-state index in [1.54, 1.807) is 14.0 Å². The van der Waals surface area contributed by atoms with Gasteiger partial charge in [-0.2, -0.15) is 0 Å². The minimum atomic E-state index is -0.909. The van der Waals surface area contributed by atoms with Gasteiger partial charge in [-0.3, -0.25) is 0 Å². The summed E-state index contributed by atoms with van der Waals surface area (Å²) in [5.74, 6) is 0.778. The molecule has 2 N–H and O–H groups in total. The molecule has 3 nitrogen and oxygen atoms in total. The molecule has 3 heteroatoms. The lowest BCUT2D eigenvalue weighted by Gasteiger charge is -2.40. The molecule has 1 aromatic carbocycles. The molecule has 0 spiro atoms. The van der Waals surface area contributed by atoms with Crippen LogP contribution in [0.1, 0.15) is 38.2 Å². The molecule has 2 atom stereocenters. The van der Waals surface area contributed by atoms with Gasteiger partial charge < -0.3 is 14.9 Å². The summed E-state index contributed by atoms with van der Waals surface area (Å²) in [5.41, 5.74) is -0.820. The van der Waals surface area contributed by atoms with Gasteiger partial charge >= 0.3 is 0 Å². The first-order valence-corrected chi connectivity index (χ1v) is 6.05. The fourth-order valence-electron chi connectivity index (χ4n) is 2.72. The van der Waals surface area contributed by atoms with Crippen molar-refractivity contribution in [1.29, 1.82) is 0 Å². The van der Waals surface area contributed by atoms with E-state index in [1.165, 1.54) is 0 Å². The van der Waals surface area contributed by atoms with Crippen molar-refractivity contribution in [3.8, 4) is 5.75 Å². The van der Waals surface area contributed by atoms with Gasteiger partial charge in [0.2, 0.25) is 0 Å². The van der Waals surface area contributed by atoms with Gasteiger partial charge in [0, 0.05) is 6.42 Å². The van der Waals surface area contributed by atoms with E-state index in [4.69, 9.17) is 4.74 Å². The van der Waals surface area contributed by atoms with Crippen LogP contribution in [0.25, 0.3) is 0 Å². The molecule has 0 aliphatic heterocycles. The molecular formula is C14H20O3. The first-order valence-electron chi connectivity index (χ1n) is 6.05. The largest absolute Gasteiger partial charge is 0.497 e. The summed E-state index contributed by atoms with van der Waals surface area (Å²) in [6.45, 7) is 1.79. The van der Waals surface area contributed by atoms with E-state index in [0.29, 0.717) is 12.8 Å². The van der Waals surface area contributed by atoms with Gasteiger partial charge in [-0.1, -0.05) is 12.1 Å². The lowest BCUT2D eigenvalue weighted by atomic mass is 9.73. The van der Waals surface area contributed by atoms with E-state index in [9.17, 15) is 10.2 Å². The standard InChI is InChI=1S/C14H20O3/c1-13(15)8-3-9-14(16,10-13)11-4-6-12(17-2)7-5-11/h4-7,15-16H,3,8-10H2,1-2H3/t13-,14-/m0/s1. The van der Waals surface area contributed by atoms with Crippen molar-refractivity contribution < 1.29 is 14.9 Å². The molecule has 0 aromatic heterocycles. The Bertz CT molecular complexity index is 383. The van der Waals surface area contributed by atoms with Crippen LogP contribution in [0.5, 0.6) is 5.75 Å². The Hall–Kier alpha value is -1.06. The van der Waals surface area contributed by atoms with Crippen LogP contribution in [-0.4, -0.2) is 22.9 Å². The average Bonchev–Trinajstić information content (AvgIpc) is 2.27. The number of methoxy groups -OCH3 is 1. The van der Waals surface area contributed by atoms with Crippen molar-refractivity contribution in [2.75, 3.05) is 7.11 Å². The summed E-state index contributed by atoms with van der Waals surface area (Å²) >= 11 is 0. The smallest absolute Gasteiger partial charge is 0.118 e. The predicted octanol–water partition coefficient (Wildman–Crippen LogP) is 2.21. The van der Waals surface area contributed by atoms with E-state index in [1.807, 2.05) is 24.3 Å². The Balaban J connectivity index is 2.24. The third kappa shape index (κ3) is 2.61. The van der Waals surface area contributed by atoms with Crippen LogP contribution < -0.4 is 4.74 Å². The van der Waals surface area contributed by atoms with Gasteiger partial charge in [0.05, 0.1) is 18.3 Å². The number of benzene rings is 1. The van der Waals surface area contributed by atoms with Gasteiger partial charge in [-0.15, -0.1) is 0 Å². The van der Waals surface area contributed by atoms with Crippen LogP contribution in [0, 0.1) is 0 Å². The number of hydrogen-bond donors (Lipinski definition) is 2. The van der Waals surface area contributed by atoms with Crippen LogP contribution in [0.15, 0.2) is 24.3 Å². The third-order valence-corrected chi connectivity index (χ3v) is 3.61. The van der Waals surface area contributed by atoms with Gasteiger partial charge in [0.1, 0.15) is 5.75 Å². The fraction of sp³-hybridized carbons (Fsp3) is 0.571. The van der Waals surface area contributed by atoms with Gasteiger partial charge in [0.15, 0.2) is 0 Å². The maximum Gasteiger partial charge on any atom is 0.118 e. The van der Waals surface area contributed by atoms with Crippen LogP contribution in [0.2, 0.25) is 0 Å². The predicted molar refractivity (Wildman–Crippen MR) is 66.0 cm³/mol. The highest BCUT2D eigenvalue weighted by Gasteiger charge is 2.40. The second-order valence-corrected chi connectivity index (χ2v) is 5.29. The van der Waals surface area contributed by atoms with Crippen LogP contribution in [-0.2, 0) is 5.60 Å². The van der Waals surface area contributed by atoms with E-state index in [0.717, 1.165) is 24.2 Å². The summed E-state index contributed by atoms with van der Waals surface area (Å²) in [6, 6.07) is 7.44. The lowest BCUT2D eigenvalue weighted by molar-refractivity contribution is -0.0958. The monoisotopic (exact) mass is 236 g/mol. The van der Waals surface area contributed by atoms with E-state index in [-0.39, 0.29) is 0 Å². The van der Waals surface area contributed by atoms with Crippen molar-refractivity contribution >= 4 is 0 Å². The molecule has 0 saturated heterocycles. The molecule has 17 heavy (non-hydrogen) atoms. The molecular weight excluding hydrogens is 216 g/mol. The summed E-state index contributed by atoms with van der Waals surface area (Å²) in [4.78, 5) is 0. The van der Waals surface area contributed by atoms with E-state index >= 15 is 0 Å². The number of ether oxygens (including phenoxy) is 1. The second kappa shape index (κ2) is 4.31. The summed E-state index contributed by atoms with van der Waals surface area (Å²) in [5, 5.41) is 20.7. The lowest BCUT2D eigenvalue weighted by Crippen LogP contribution is -2.41. The number of rotatable bonds is 2. The molecule has 1 aliphatic rings. The molecule has 2 rings (SSSR count). The summed E-state index contributed by atoms with van der Waals surface area (Å²) in [7, 11) is 1.62. The Morgan fingerprint density at radius 3 is 2.29 bits per heavy atom. The topological polar surface area (TPSA) is 49.7 Å². The highest BCUT2D eigenvalue weighted by molar-refractivity contribution is 5.31. The highest BCUT2D eigenvalue weighted by Crippen LogP contribution is 2.41. The van der Waals surface area contributed by atoms with Crippen molar-refractivity contribution in [3.63, 3.8) is 0 Å². The molecule has 0 unspecified atom stereocenters. The minimum absolute atomic E-state index is 0.395. The van der Waals surface area contributed by atoms with Crippen molar-refractivity contribution in [2.45, 2.75) is 43.8 Å². The molecule has 1 saturated carbocycles. The van der Waals surface area contributed by atoms with Crippen LogP contribution in [0.4, 0.5) is 0 Å². The Morgan fingerprint density at radius 1 is 1.12 bits per heavy atom. The van der Waals surface area contributed by atoms with Gasteiger partial charge in [0.25, 0.3) is 0 Å². The minimum Gasteiger partial charge on any atom is -0.497 e. The van der Waals surface area contributed by atoms with E-state index < -0.39 is 11.2 Å². The third-order valence-electron chi connectivity index (χ3n) is 3.61. The maximum atomic E-state index is 10.6. The Morgan fingerprint density at radius 2 is 1.76 bits per heavy atom. The van der Waals surface area contributed by atoms with Crippen molar-refractivity contribution in [3.05, 3.63) is 29.8 Å². The van der Waals surface area contributed by atoms with Crippen LogP contribution in [0.3, 0.4) is 0 Å². The SMILES string of the molecule is COc1ccc([C@]2(O)CCC[C@](C)(O)C2)cc1.